The first-order chi connectivity index (χ1) is 17.5. The zero-order valence-electron chi connectivity index (χ0n) is 19.9. The van der Waals surface area contributed by atoms with Crippen molar-refractivity contribution in [3.8, 4) is 0 Å². The fraction of sp³-hybridized carbons (Fsp3) is 0.478. The highest BCUT2D eigenvalue weighted by molar-refractivity contribution is 6.31. The fourth-order valence-corrected chi connectivity index (χ4v) is 5.16. The topological polar surface area (TPSA) is 116 Å². The number of carbonyl (C=O) groups excluding carboxylic acids is 2. The number of hydrogen-bond acceptors (Lipinski definition) is 7. The molecule has 4 N–H and O–H groups in total. The van der Waals surface area contributed by atoms with Gasteiger partial charge in [-0.1, -0.05) is 11.6 Å². The van der Waals surface area contributed by atoms with E-state index in [0.717, 1.165) is 18.5 Å². The first kappa shape index (κ1) is 26.7. The van der Waals surface area contributed by atoms with Crippen LogP contribution in [0.3, 0.4) is 0 Å². The Kier molecular flexibility index (Phi) is 7.62. The molecule has 2 aliphatic heterocycles. The van der Waals surface area contributed by atoms with Crippen molar-refractivity contribution in [2.45, 2.75) is 37.5 Å². The average Bonchev–Trinajstić information content (AvgIpc) is 2.85. The number of amides is 2. The van der Waals surface area contributed by atoms with Gasteiger partial charge in [0.2, 0.25) is 17.6 Å². The van der Waals surface area contributed by atoms with Crippen molar-refractivity contribution in [2.24, 2.45) is 5.92 Å². The fourth-order valence-electron chi connectivity index (χ4n) is 4.93. The van der Waals surface area contributed by atoms with Crippen molar-refractivity contribution in [1.29, 1.82) is 0 Å². The third-order valence-corrected chi connectivity index (χ3v) is 6.92. The number of aromatic nitrogens is 2. The van der Waals surface area contributed by atoms with Crippen molar-refractivity contribution >= 4 is 40.7 Å². The quantitative estimate of drug-likeness (QED) is 0.497. The SMILES string of the molecule is CNC(=O)[C@@H]1CCN(c2ncnc(N)c2F)C[C@H]1N1CCC[C@@H](Nc2cc(Cl)cc(C(F)(F)F)c2)C1=O. The van der Waals surface area contributed by atoms with Gasteiger partial charge in [-0.2, -0.15) is 17.6 Å². The number of anilines is 3. The summed E-state index contributed by atoms with van der Waals surface area (Å²) >= 11 is 5.89. The number of hydrogen-bond donors (Lipinski definition) is 3. The molecule has 2 amide bonds. The van der Waals surface area contributed by atoms with E-state index in [0.29, 0.717) is 32.4 Å². The van der Waals surface area contributed by atoms with Crippen LogP contribution in [0, 0.1) is 11.7 Å². The minimum Gasteiger partial charge on any atom is -0.381 e. The van der Waals surface area contributed by atoms with Crippen LogP contribution in [-0.4, -0.2) is 65.4 Å². The molecule has 0 saturated carbocycles. The smallest absolute Gasteiger partial charge is 0.381 e. The summed E-state index contributed by atoms with van der Waals surface area (Å²) in [7, 11) is 1.50. The molecule has 0 aliphatic carbocycles. The number of likely N-dealkylation sites (tertiary alicyclic amines) is 1. The van der Waals surface area contributed by atoms with E-state index in [1.54, 1.807) is 9.80 Å². The van der Waals surface area contributed by atoms with Crippen molar-refractivity contribution < 1.29 is 27.2 Å². The maximum atomic E-state index is 14.7. The van der Waals surface area contributed by atoms with Gasteiger partial charge in [0.05, 0.1) is 17.5 Å². The Hall–Kier alpha value is -3.35. The van der Waals surface area contributed by atoms with Gasteiger partial charge in [0.25, 0.3) is 0 Å². The van der Waals surface area contributed by atoms with Crippen LogP contribution in [0.2, 0.25) is 5.02 Å². The number of nitrogens with two attached hydrogens (primary N) is 1. The minimum atomic E-state index is -4.60. The second-order valence-electron chi connectivity index (χ2n) is 9.02. The van der Waals surface area contributed by atoms with Crippen LogP contribution in [0.15, 0.2) is 24.5 Å². The van der Waals surface area contributed by atoms with Crippen molar-refractivity contribution in [2.75, 3.05) is 42.6 Å². The van der Waals surface area contributed by atoms with Crippen LogP contribution < -0.4 is 21.3 Å². The van der Waals surface area contributed by atoms with Gasteiger partial charge in [0.1, 0.15) is 12.4 Å². The molecule has 3 atom stereocenters. The van der Waals surface area contributed by atoms with E-state index in [-0.39, 0.29) is 40.7 Å². The molecular formula is C23H26ClF4N7O2. The van der Waals surface area contributed by atoms with Gasteiger partial charge in [0.15, 0.2) is 11.6 Å². The number of benzene rings is 1. The zero-order valence-corrected chi connectivity index (χ0v) is 20.6. The highest BCUT2D eigenvalue weighted by atomic mass is 35.5. The maximum Gasteiger partial charge on any atom is 0.416 e. The molecule has 4 rings (SSSR count). The van der Waals surface area contributed by atoms with E-state index in [2.05, 4.69) is 20.6 Å². The zero-order chi connectivity index (χ0) is 26.9. The number of carbonyl (C=O) groups is 2. The first-order valence-corrected chi connectivity index (χ1v) is 12.0. The molecule has 37 heavy (non-hydrogen) atoms. The second kappa shape index (κ2) is 10.6. The number of halogens is 5. The summed E-state index contributed by atoms with van der Waals surface area (Å²) in [5.41, 5.74) is 4.72. The lowest BCUT2D eigenvalue weighted by Crippen LogP contribution is -2.61. The third-order valence-electron chi connectivity index (χ3n) is 6.70. The highest BCUT2D eigenvalue weighted by Crippen LogP contribution is 2.35. The molecule has 0 radical (unpaired) electrons. The van der Waals surface area contributed by atoms with E-state index in [1.807, 2.05) is 0 Å². The predicted octanol–water partition coefficient (Wildman–Crippen LogP) is 2.91. The molecule has 3 heterocycles. The van der Waals surface area contributed by atoms with Crippen LogP contribution in [0.25, 0.3) is 0 Å². The number of nitrogens with one attached hydrogen (secondary N) is 2. The summed E-state index contributed by atoms with van der Waals surface area (Å²) in [6.45, 7) is 0.745. The van der Waals surface area contributed by atoms with Gasteiger partial charge < -0.3 is 26.2 Å². The van der Waals surface area contributed by atoms with E-state index < -0.39 is 35.6 Å². The number of piperidine rings is 2. The Morgan fingerprint density at radius 2 is 1.95 bits per heavy atom. The first-order valence-electron chi connectivity index (χ1n) is 11.7. The molecular weight excluding hydrogens is 518 g/mol. The van der Waals surface area contributed by atoms with E-state index >= 15 is 0 Å². The lowest BCUT2D eigenvalue weighted by Gasteiger charge is -2.46. The Balaban J connectivity index is 1.59. The number of nitrogens with zero attached hydrogens (tertiary/aromatic N) is 4. The van der Waals surface area contributed by atoms with Gasteiger partial charge in [-0.25, -0.2) is 9.97 Å². The van der Waals surface area contributed by atoms with Gasteiger partial charge in [-0.15, -0.1) is 0 Å². The number of rotatable bonds is 5. The lowest BCUT2D eigenvalue weighted by molar-refractivity contribution is -0.140. The van der Waals surface area contributed by atoms with Gasteiger partial charge >= 0.3 is 6.18 Å². The number of alkyl halides is 3. The largest absolute Gasteiger partial charge is 0.416 e. The Morgan fingerprint density at radius 1 is 1.19 bits per heavy atom. The number of nitrogen functional groups attached to an aromatic ring is 1. The Labute approximate surface area is 215 Å². The molecule has 2 saturated heterocycles. The molecule has 14 heteroatoms. The van der Waals surface area contributed by atoms with Crippen molar-refractivity contribution in [1.82, 2.24) is 20.2 Å². The van der Waals surface area contributed by atoms with E-state index in [9.17, 15) is 27.2 Å². The summed E-state index contributed by atoms with van der Waals surface area (Å²) < 4.78 is 54.4. The molecule has 0 spiro atoms. The third kappa shape index (κ3) is 5.65. The summed E-state index contributed by atoms with van der Waals surface area (Å²) in [5.74, 6) is -2.33. The van der Waals surface area contributed by atoms with Gasteiger partial charge in [-0.05, 0) is 37.5 Å². The van der Waals surface area contributed by atoms with E-state index in [1.165, 1.54) is 13.1 Å². The average molecular weight is 544 g/mol. The molecule has 0 unspecified atom stereocenters. The Morgan fingerprint density at radius 3 is 2.65 bits per heavy atom. The maximum absolute atomic E-state index is 14.7. The summed E-state index contributed by atoms with van der Waals surface area (Å²) in [5, 5.41) is 5.38. The monoisotopic (exact) mass is 543 g/mol. The van der Waals surface area contributed by atoms with Gasteiger partial charge in [0, 0.05) is 37.4 Å². The molecule has 200 valence electrons. The summed E-state index contributed by atoms with van der Waals surface area (Å²) in [4.78, 5) is 37.1. The van der Waals surface area contributed by atoms with Gasteiger partial charge in [-0.3, -0.25) is 9.59 Å². The van der Waals surface area contributed by atoms with Crippen LogP contribution in [0.4, 0.5) is 34.9 Å². The molecule has 1 aromatic heterocycles. The molecule has 0 bridgehead atoms. The van der Waals surface area contributed by atoms with Crippen LogP contribution in [0.5, 0.6) is 0 Å². The van der Waals surface area contributed by atoms with E-state index in [4.69, 9.17) is 17.3 Å². The van der Waals surface area contributed by atoms with Crippen LogP contribution >= 0.6 is 11.6 Å². The molecule has 1 aromatic carbocycles. The summed E-state index contributed by atoms with van der Waals surface area (Å²) in [6.07, 6.45) is -2.22. The van der Waals surface area contributed by atoms with Crippen LogP contribution in [0.1, 0.15) is 24.8 Å². The highest BCUT2D eigenvalue weighted by Gasteiger charge is 2.43. The second-order valence-corrected chi connectivity index (χ2v) is 9.45. The van der Waals surface area contributed by atoms with Crippen LogP contribution in [-0.2, 0) is 15.8 Å². The summed E-state index contributed by atoms with van der Waals surface area (Å²) in [6, 6.07) is 1.56. The predicted molar refractivity (Wildman–Crippen MR) is 129 cm³/mol. The van der Waals surface area contributed by atoms with Crippen molar-refractivity contribution in [3.05, 3.63) is 40.9 Å². The molecule has 2 aromatic rings. The standard InChI is InChI=1S/C23H26ClF4N7O2/c1-30-21(36)15-4-6-34(20-18(25)19(29)31-11-32-20)10-17(15)35-5-2-3-16(22(35)37)33-14-8-12(23(26,27)28)7-13(24)9-14/h7-9,11,15-17,33H,2-6,10H2,1H3,(H,30,36)(H2,29,31,32)/t15-,16-,17-/m1/s1. The molecule has 2 fully saturated rings. The molecule has 2 aliphatic rings. The lowest BCUT2D eigenvalue weighted by atomic mass is 9.87. The van der Waals surface area contributed by atoms with Crippen molar-refractivity contribution in [3.63, 3.8) is 0 Å². The minimum absolute atomic E-state index is 0.0226. The Bertz CT molecular complexity index is 1180. The normalized spacial score (nSPS) is 22.6. The molecule has 9 nitrogen and oxygen atoms in total.